The van der Waals surface area contributed by atoms with Gasteiger partial charge in [0.25, 0.3) is 0 Å². The van der Waals surface area contributed by atoms with Gasteiger partial charge in [0.1, 0.15) is 5.75 Å². The van der Waals surface area contributed by atoms with Gasteiger partial charge in [0, 0.05) is 5.69 Å². The van der Waals surface area contributed by atoms with Crippen molar-refractivity contribution >= 4 is 11.7 Å². The van der Waals surface area contributed by atoms with Gasteiger partial charge in [0.15, 0.2) is 6.73 Å². The van der Waals surface area contributed by atoms with Crippen LogP contribution in [-0.4, -0.2) is 12.8 Å². The Kier molecular flexibility index (Phi) is 4.39. The Balaban J connectivity index is 1.74. The van der Waals surface area contributed by atoms with Crippen LogP contribution in [0, 0.1) is 6.92 Å². The zero-order valence-electron chi connectivity index (χ0n) is 10.7. The topological polar surface area (TPSA) is 50.4 Å². The lowest BCUT2D eigenvalue weighted by atomic mass is 10.2. The zero-order valence-corrected chi connectivity index (χ0v) is 10.7. The molecule has 0 spiro atoms. The van der Waals surface area contributed by atoms with Gasteiger partial charge < -0.3 is 15.4 Å². The van der Waals surface area contributed by atoms with E-state index in [9.17, 15) is 4.79 Å². The molecule has 0 fully saturated rings. The number of anilines is 1. The van der Waals surface area contributed by atoms with Crippen LogP contribution in [0.5, 0.6) is 5.75 Å². The second-order valence-electron chi connectivity index (χ2n) is 4.10. The van der Waals surface area contributed by atoms with Crippen LogP contribution in [0.3, 0.4) is 0 Å². The highest BCUT2D eigenvalue weighted by Gasteiger charge is 2.00. The molecule has 2 N–H and O–H groups in total. The highest BCUT2D eigenvalue weighted by Crippen LogP contribution is 2.10. The molecule has 2 amide bonds. The lowest BCUT2D eigenvalue weighted by Crippen LogP contribution is -2.31. The maximum Gasteiger partial charge on any atom is 0.321 e. The van der Waals surface area contributed by atoms with Crippen molar-refractivity contribution in [2.45, 2.75) is 6.92 Å². The van der Waals surface area contributed by atoms with Gasteiger partial charge in [0.2, 0.25) is 0 Å². The average molecular weight is 256 g/mol. The summed E-state index contributed by atoms with van der Waals surface area (Å²) >= 11 is 0. The van der Waals surface area contributed by atoms with Gasteiger partial charge in [-0.1, -0.05) is 35.9 Å². The van der Waals surface area contributed by atoms with E-state index in [0.717, 1.165) is 11.4 Å². The first-order valence-corrected chi connectivity index (χ1v) is 6.03. The third-order valence-corrected chi connectivity index (χ3v) is 2.52. The monoisotopic (exact) mass is 256 g/mol. The molecule has 0 atom stereocenters. The Morgan fingerprint density at radius 2 is 1.74 bits per heavy atom. The Morgan fingerprint density at radius 3 is 2.42 bits per heavy atom. The molecule has 0 unspecified atom stereocenters. The summed E-state index contributed by atoms with van der Waals surface area (Å²) in [4.78, 5) is 11.6. The molecule has 2 aromatic carbocycles. The molecule has 2 rings (SSSR count). The van der Waals surface area contributed by atoms with Gasteiger partial charge in [-0.25, -0.2) is 4.79 Å². The number of aryl methyl sites for hydroxylation is 1. The molecule has 2 aromatic rings. The summed E-state index contributed by atoms with van der Waals surface area (Å²) in [7, 11) is 0. The predicted molar refractivity (Wildman–Crippen MR) is 75.3 cm³/mol. The molecule has 0 bridgehead atoms. The molecule has 0 saturated carbocycles. The van der Waals surface area contributed by atoms with E-state index in [1.54, 1.807) is 0 Å². The summed E-state index contributed by atoms with van der Waals surface area (Å²) in [6.45, 7) is 2.14. The van der Waals surface area contributed by atoms with Crippen LogP contribution < -0.4 is 15.4 Å². The van der Waals surface area contributed by atoms with E-state index in [-0.39, 0.29) is 12.8 Å². The summed E-state index contributed by atoms with van der Waals surface area (Å²) in [5.41, 5.74) is 1.91. The van der Waals surface area contributed by atoms with Crippen molar-refractivity contribution in [1.29, 1.82) is 0 Å². The number of para-hydroxylation sites is 1. The number of nitrogens with one attached hydrogen (secondary N) is 2. The molecule has 0 aliphatic heterocycles. The molecule has 0 aliphatic carbocycles. The average Bonchev–Trinajstić information content (AvgIpc) is 2.42. The van der Waals surface area contributed by atoms with Crippen LogP contribution in [-0.2, 0) is 0 Å². The molecule has 4 heteroatoms. The van der Waals surface area contributed by atoms with Crippen LogP contribution in [0.4, 0.5) is 10.5 Å². The van der Waals surface area contributed by atoms with E-state index in [4.69, 9.17) is 4.74 Å². The van der Waals surface area contributed by atoms with Crippen LogP contribution in [0.15, 0.2) is 54.6 Å². The zero-order chi connectivity index (χ0) is 13.5. The Hall–Kier alpha value is -2.49. The number of hydrogen-bond donors (Lipinski definition) is 2. The Bertz CT molecular complexity index is 524. The number of carbonyl (C=O) groups is 1. The molecule has 0 heterocycles. The second kappa shape index (κ2) is 6.44. The highest BCUT2D eigenvalue weighted by molar-refractivity contribution is 5.89. The second-order valence-corrected chi connectivity index (χ2v) is 4.10. The van der Waals surface area contributed by atoms with Gasteiger partial charge >= 0.3 is 6.03 Å². The van der Waals surface area contributed by atoms with Crippen molar-refractivity contribution < 1.29 is 9.53 Å². The van der Waals surface area contributed by atoms with Crippen molar-refractivity contribution in [2.75, 3.05) is 12.0 Å². The van der Waals surface area contributed by atoms with Crippen LogP contribution in [0.25, 0.3) is 0 Å². The van der Waals surface area contributed by atoms with Crippen molar-refractivity contribution in [2.24, 2.45) is 0 Å². The lowest BCUT2D eigenvalue weighted by Gasteiger charge is -2.09. The van der Waals surface area contributed by atoms with Gasteiger partial charge in [-0.05, 0) is 31.2 Å². The maximum atomic E-state index is 11.6. The van der Waals surface area contributed by atoms with Crippen LogP contribution >= 0.6 is 0 Å². The van der Waals surface area contributed by atoms with Crippen molar-refractivity contribution in [1.82, 2.24) is 5.32 Å². The van der Waals surface area contributed by atoms with Crippen molar-refractivity contribution in [3.63, 3.8) is 0 Å². The fourth-order valence-electron chi connectivity index (χ4n) is 1.52. The molecule has 0 aliphatic rings. The normalized spacial score (nSPS) is 9.74. The molecule has 98 valence electrons. The minimum Gasteiger partial charge on any atom is -0.473 e. The SMILES string of the molecule is Cc1ccc(OCNC(=O)Nc2ccccc2)cc1. The number of benzene rings is 2. The number of amides is 2. The smallest absolute Gasteiger partial charge is 0.321 e. The third-order valence-electron chi connectivity index (χ3n) is 2.52. The minimum absolute atomic E-state index is 0.127. The number of rotatable bonds is 4. The van der Waals surface area contributed by atoms with Crippen LogP contribution in [0.1, 0.15) is 5.56 Å². The Labute approximate surface area is 112 Å². The van der Waals surface area contributed by atoms with Crippen molar-refractivity contribution in [3.05, 3.63) is 60.2 Å². The van der Waals surface area contributed by atoms with Gasteiger partial charge in [-0.15, -0.1) is 0 Å². The molecule has 4 nitrogen and oxygen atoms in total. The molecule has 0 aromatic heterocycles. The van der Waals surface area contributed by atoms with E-state index in [2.05, 4.69) is 10.6 Å². The maximum absolute atomic E-state index is 11.6. The first-order chi connectivity index (χ1) is 9.24. The van der Waals surface area contributed by atoms with Gasteiger partial charge in [0.05, 0.1) is 0 Å². The summed E-state index contributed by atoms with van der Waals surface area (Å²) in [6.07, 6.45) is 0. The van der Waals surface area contributed by atoms with Crippen molar-refractivity contribution in [3.8, 4) is 5.75 Å². The molecular formula is C15H16N2O2. The van der Waals surface area contributed by atoms with Gasteiger partial charge in [-0.2, -0.15) is 0 Å². The number of carbonyl (C=O) groups excluding carboxylic acids is 1. The molecule has 0 radical (unpaired) electrons. The summed E-state index contributed by atoms with van der Waals surface area (Å²) in [6, 6.07) is 16.6. The van der Waals surface area contributed by atoms with E-state index in [1.165, 1.54) is 5.56 Å². The fourth-order valence-corrected chi connectivity index (χ4v) is 1.52. The lowest BCUT2D eigenvalue weighted by molar-refractivity contribution is 0.234. The summed E-state index contributed by atoms with van der Waals surface area (Å²) in [5, 5.41) is 5.33. The van der Waals surface area contributed by atoms with E-state index < -0.39 is 0 Å². The van der Waals surface area contributed by atoms with E-state index >= 15 is 0 Å². The molecular weight excluding hydrogens is 240 g/mol. The predicted octanol–water partition coefficient (Wildman–Crippen LogP) is 3.15. The molecule has 19 heavy (non-hydrogen) atoms. The number of ether oxygens (including phenoxy) is 1. The van der Waals surface area contributed by atoms with E-state index in [0.29, 0.717) is 0 Å². The number of hydrogen-bond acceptors (Lipinski definition) is 2. The van der Waals surface area contributed by atoms with Crippen LogP contribution in [0.2, 0.25) is 0 Å². The third kappa shape index (κ3) is 4.35. The Morgan fingerprint density at radius 1 is 1.05 bits per heavy atom. The van der Waals surface area contributed by atoms with E-state index in [1.807, 2.05) is 61.5 Å². The largest absolute Gasteiger partial charge is 0.473 e. The quantitative estimate of drug-likeness (QED) is 0.826. The standard InChI is InChI=1S/C15H16N2O2/c1-12-7-9-14(10-8-12)19-11-16-15(18)17-13-5-3-2-4-6-13/h2-10H,11H2,1H3,(H2,16,17,18). The first-order valence-electron chi connectivity index (χ1n) is 6.03. The minimum atomic E-state index is -0.293. The summed E-state index contributed by atoms with van der Waals surface area (Å²) < 4.78 is 5.40. The van der Waals surface area contributed by atoms with Gasteiger partial charge in [-0.3, -0.25) is 0 Å². The highest BCUT2D eigenvalue weighted by atomic mass is 16.5. The first kappa shape index (κ1) is 13.0. The summed E-state index contributed by atoms with van der Waals surface area (Å²) in [5.74, 6) is 0.727. The number of urea groups is 1. The molecule has 0 saturated heterocycles. The fraction of sp³-hybridized carbons (Fsp3) is 0.133.